The number of hydrogen-bond donors (Lipinski definition) is 2. The van der Waals surface area contributed by atoms with Crippen molar-refractivity contribution in [2.75, 3.05) is 5.32 Å². The van der Waals surface area contributed by atoms with Crippen LogP contribution in [0.3, 0.4) is 0 Å². The third kappa shape index (κ3) is 3.84. The van der Waals surface area contributed by atoms with Crippen LogP contribution in [-0.2, 0) is 11.2 Å². The average molecular weight is 360 g/mol. The van der Waals surface area contributed by atoms with E-state index in [2.05, 4.69) is 20.3 Å². The predicted octanol–water partition coefficient (Wildman–Crippen LogP) is 4.34. The number of amides is 1. The number of aromatic nitrogens is 3. The second-order valence-electron chi connectivity index (χ2n) is 6.21. The van der Waals surface area contributed by atoms with Crippen LogP contribution in [0.15, 0.2) is 67.0 Å². The normalized spacial score (nSPS) is 10.9. The largest absolute Gasteiger partial charge is 0.338 e. The summed E-state index contributed by atoms with van der Waals surface area (Å²) < 4.78 is 13.8. The first-order valence-electron chi connectivity index (χ1n) is 8.62. The van der Waals surface area contributed by atoms with Crippen LogP contribution in [0.5, 0.6) is 0 Å². The minimum absolute atomic E-state index is 0.0580. The lowest BCUT2D eigenvalue weighted by Gasteiger charge is -2.06. The van der Waals surface area contributed by atoms with Gasteiger partial charge in [0.05, 0.1) is 5.52 Å². The van der Waals surface area contributed by atoms with Crippen LogP contribution in [-0.4, -0.2) is 20.9 Å². The van der Waals surface area contributed by atoms with E-state index in [1.807, 2.05) is 24.3 Å². The van der Waals surface area contributed by atoms with Crippen molar-refractivity contribution in [1.82, 2.24) is 15.0 Å². The van der Waals surface area contributed by atoms with Gasteiger partial charge < -0.3 is 10.3 Å². The van der Waals surface area contributed by atoms with Crippen molar-refractivity contribution in [2.45, 2.75) is 12.8 Å². The zero-order valence-corrected chi connectivity index (χ0v) is 14.4. The van der Waals surface area contributed by atoms with Crippen molar-refractivity contribution in [3.8, 4) is 11.4 Å². The van der Waals surface area contributed by atoms with E-state index in [4.69, 9.17) is 0 Å². The van der Waals surface area contributed by atoms with Crippen LogP contribution in [0, 0.1) is 5.82 Å². The second-order valence-corrected chi connectivity index (χ2v) is 6.21. The molecular weight excluding hydrogens is 343 g/mol. The molecule has 0 saturated heterocycles. The van der Waals surface area contributed by atoms with Gasteiger partial charge in [0.2, 0.25) is 5.91 Å². The molecule has 4 rings (SSSR count). The standard InChI is InChI=1S/C21H17FN4O/c22-17-4-1-5-18-20(17)26-21(25-18)15-7-9-16(10-8-15)24-19(27)11-6-14-3-2-12-23-13-14/h1-5,7-10,12-13H,6,11H2,(H,24,27)(H,25,26). The molecule has 0 spiro atoms. The Bertz CT molecular complexity index is 1070. The first-order valence-corrected chi connectivity index (χ1v) is 8.62. The molecule has 5 nitrogen and oxygen atoms in total. The maximum atomic E-state index is 13.8. The fourth-order valence-corrected chi connectivity index (χ4v) is 2.87. The molecule has 4 aromatic rings. The molecule has 0 saturated carbocycles. The van der Waals surface area contributed by atoms with Crippen molar-refractivity contribution in [3.05, 3.63) is 78.4 Å². The molecule has 0 aliphatic heterocycles. The number of imidazole rings is 1. The van der Waals surface area contributed by atoms with Crippen molar-refractivity contribution in [2.24, 2.45) is 0 Å². The number of rotatable bonds is 5. The van der Waals surface area contributed by atoms with Gasteiger partial charge in [-0.25, -0.2) is 9.37 Å². The van der Waals surface area contributed by atoms with E-state index in [1.165, 1.54) is 6.07 Å². The summed E-state index contributed by atoms with van der Waals surface area (Å²) in [5, 5.41) is 2.88. The third-order valence-corrected chi connectivity index (χ3v) is 4.27. The molecule has 2 N–H and O–H groups in total. The molecule has 2 aromatic heterocycles. The maximum absolute atomic E-state index is 13.8. The van der Waals surface area contributed by atoms with E-state index in [1.54, 1.807) is 36.7 Å². The van der Waals surface area contributed by atoms with Gasteiger partial charge in [-0.2, -0.15) is 0 Å². The van der Waals surface area contributed by atoms with E-state index < -0.39 is 0 Å². The van der Waals surface area contributed by atoms with Crippen LogP contribution in [0.1, 0.15) is 12.0 Å². The fraction of sp³-hybridized carbons (Fsp3) is 0.0952. The van der Waals surface area contributed by atoms with Crippen LogP contribution in [0.4, 0.5) is 10.1 Å². The molecule has 1 amide bonds. The number of H-pyrrole nitrogens is 1. The number of carbonyl (C=O) groups is 1. The van der Waals surface area contributed by atoms with Gasteiger partial charge in [-0.05, 0) is 54.4 Å². The Morgan fingerprint density at radius 1 is 1.07 bits per heavy atom. The highest BCUT2D eigenvalue weighted by atomic mass is 19.1. The lowest BCUT2D eigenvalue weighted by molar-refractivity contribution is -0.116. The molecule has 2 aromatic carbocycles. The van der Waals surface area contributed by atoms with Gasteiger partial charge in [-0.15, -0.1) is 0 Å². The van der Waals surface area contributed by atoms with E-state index in [0.717, 1.165) is 11.1 Å². The maximum Gasteiger partial charge on any atom is 0.224 e. The van der Waals surface area contributed by atoms with Crippen molar-refractivity contribution < 1.29 is 9.18 Å². The number of benzene rings is 2. The first-order chi connectivity index (χ1) is 13.2. The quantitative estimate of drug-likeness (QED) is 0.556. The summed E-state index contributed by atoms with van der Waals surface area (Å²) in [4.78, 5) is 23.6. The minimum Gasteiger partial charge on any atom is -0.338 e. The first kappa shape index (κ1) is 16.9. The lowest BCUT2D eigenvalue weighted by Crippen LogP contribution is -2.12. The third-order valence-electron chi connectivity index (χ3n) is 4.27. The Kier molecular flexibility index (Phi) is 4.61. The van der Waals surface area contributed by atoms with E-state index in [0.29, 0.717) is 35.4 Å². The number of pyridine rings is 1. The molecule has 0 atom stereocenters. The SMILES string of the molecule is O=C(CCc1cccnc1)Nc1ccc(-c2nc3c(F)cccc3[nH]2)cc1. The molecule has 0 bridgehead atoms. The molecule has 27 heavy (non-hydrogen) atoms. The number of nitrogens with one attached hydrogen (secondary N) is 2. The summed E-state index contributed by atoms with van der Waals surface area (Å²) in [7, 11) is 0. The summed E-state index contributed by atoms with van der Waals surface area (Å²) in [6.45, 7) is 0. The number of aryl methyl sites for hydroxylation is 1. The van der Waals surface area contributed by atoms with Crippen molar-refractivity contribution in [3.63, 3.8) is 0 Å². The monoisotopic (exact) mass is 360 g/mol. The van der Waals surface area contributed by atoms with E-state index in [9.17, 15) is 9.18 Å². The molecule has 0 unspecified atom stereocenters. The molecule has 0 fully saturated rings. The molecule has 0 aliphatic rings. The molecular formula is C21H17FN4O. The Morgan fingerprint density at radius 2 is 1.93 bits per heavy atom. The number of fused-ring (bicyclic) bond motifs is 1. The van der Waals surface area contributed by atoms with Gasteiger partial charge in [-0.1, -0.05) is 12.1 Å². The smallest absolute Gasteiger partial charge is 0.224 e. The lowest BCUT2D eigenvalue weighted by atomic mass is 10.1. The minimum atomic E-state index is -0.354. The van der Waals surface area contributed by atoms with Gasteiger partial charge in [0.1, 0.15) is 11.3 Å². The van der Waals surface area contributed by atoms with Crippen LogP contribution < -0.4 is 5.32 Å². The molecule has 2 heterocycles. The van der Waals surface area contributed by atoms with Gasteiger partial charge in [0.25, 0.3) is 0 Å². The Morgan fingerprint density at radius 3 is 2.67 bits per heavy atom. The van der Waals surface area contributed by atoms with Crippen LogP contribution in [0.2, 0.25) is 0 Å². The zero-order chi connectivity index (χ0) is 18.6. The van der Waals surface area contributed by atoms with Crippen LogP contribution >= 0.6 is 0 Å². The highest BCUT2D eigenvalue weighted by molar-refractivity contribution is 5.91. The van der Waals surface area contributed by atoms with Gasteiger partial charge in [-0.3, -0.25) is 9.78 Å². The van der Waals surface area contributed by atoms with Crippen molar-refractivity contribution in [1.29, 1.82) is 0 Å². The summed E-state index contributed by atoms with van der Waals surface area (Å²) in [5.74, 6) is 0.175. The van der Waals surface area contributed by atoms with Gasteiger partial charge in [0.15, 0.2) is 5.82 Å². The Balaban J connectivity index is 1.42. The summed E-state index contributed by atoms with van der Waals surface area (Å²) in [5.41, 5.74) is 3.52. The molecule has 134 valence electrons. The molecule has 0 radical (unpaired) electrons. The molecule has 6 heteroatoms. The number of nitrogens with zero attached hydrogens (tertiary/aromatic N) is 2. The number of hydrogen-bond acceptors (Lipinski definition) is 3. The Labute approximate surface area is 155 Å². The van der Waals surface area contributed by atoms with E-state index in [-0.39, 0.29) is 11.7 Å². The van der Waals surface area contributed by atoms with Crippen LogP contribution in [0.25, 0.3) is 22.4 Å². The second kappa shape index (κ2) is 7.37. The number of para-hydroxylation sites is 1. The number of anilines is 1. The summed E-state index contributed by atoms with van der Waals surface area (Å²) in [6, 6.07) is 15.9. The Hall–Kier alpha value is -3.54. The average Bonchev–Trinajstić information content (AvgIpc) is 3.14. The zero-order valence-electron chi connectivity index (χ0n) is 14.4. The fourth-order valence-electron chi connectivity index (χ4n) is 2.87. The predicted molar refractivity (Wildman–Crippen MR) is 103 cm³/mol. The van der Waals surface area contributed by atoms with E-state index >= 15 is 0 Å². The summed E-state index contributed by atoms with van der Waals surface area (Å²) >= 11 is 0. The number of aromatic amines is 1. The topological polar surface area (TPSA) is 70.7 Å². The van der Waals surface area contributed by atoms with Gasteiger partial charge >= 0.3 is 0 Å². The van der Waals surface area contributed by atoms with Gasteiger partial charge in [0, 0.05) is 30.1 Å². The molecule has 0 aliphatic carbocycles. The number of halogens is 1. The highest BCUT2D eigenvalue weighted by Gasteiger charge is 2.09. The van der Waals surface area contributed by atoms with Crippen molar-refractivity contribution >= 4 is 22.6 Å². The summed E-state index contributed by atoms with van der Waals surface area (Å²) in [6.07, 6.45) is 4.50. The highest BCUT2D eigenvalue weighted by Crippen LogP contribution is 2.23. The number of carbonyl (C=O) groups excluding carboxylic acids is 1.